The van der Waals surface area contributed by atoms with Crippen molar-refractivity contribution in [1.29, 1.82) is 0 Å². The summed E-state index contributed by atoms with van der Waals surface area (Å²) in [4.78, 5) is 123. The second-order valence-electron chi connectivity index (χ2n) is 16.3. The Morgan fingerprint density at radius 3 is 1.55 bits per heavy atom. The van der Waals surface area contributed by atoms with Gasteiger partial charge in [-0.05, 0) is 69.1 Å². The molecule has 2 aromatic carbocycles. The summed E-state index contributed by atoms with van der Waals surface area (Å²) in [5.74, 6) is -10.7. The molecule has 4 rings (SSSR count). The van der Waals surface area contributed by atoms with Gasteiger partial charge < -0.3 is 61.7 Å². The second-order valence-corrected chi connectivity index (χ2v) is 20.7. The van der Waals surface area contributed by atoms with Gasteiger partial charge in [0.15, 0.2) is 17.4 Å². The molecule has 0 N–H and O–H groups in total. The van der Waals surface area contributed by atoms with Crippen LogP contribution in [0.4, 0.5) is 14.5 Å². The van der Waals surface area contributed by atoms with Gasteiger partial charge in [0.25, 0.3) is 0 Å². The molecular formula is C48H54F2N2O22Si. The molecule has 2 aromatic rings. The molecule has 0 saturated heterocycles. The highest BCUT2D eigenvalue weighted by molar-refractivity contribution is 6.98. The highest BCUT2D eigenvalue weighted by Crippen LogP contribution is 2.45. The van der Waals surface area contributed by atoms with Crippen molar-refractivity contribution in [3.8, 4) is 11.5 Å². The van der Waals surface area contributed by atoms with Crippen LogP contribution in [0.5, 0.6) is 11.5 Å². The minimum absolute atomic E-state index is 0.00590. The number of hydrogen-bond acceptors (Lipinski definition) is 24. The van der Waals surface area contributed by atoms with Gasteiger partial charge in [-0.1, -0.05) is 19.2 Å². The van der Waals surface area contributed by atoms with E-state index in [0.717, 1.165) is 51.7 Å². The van der Waals surface area contributed by atoms with Crippen molar-refractivity contribution >= 4 is 84.0 Å². The van der Waals surface area contributed by atoms with E-state index in [1.807, 2.05) is 13.1 Å². The van der Waals surface area contributed by atoms with Crippen LogP contribution in [0.1, 0.15) is 45.7 Å². The normalized spacial score (nSPS) is 13.1. The zero-order chi connectivity index (χ0) is 55.4. The summed E-state index contributed by atoms with van der Waals surface area (Å²) in [5, 5.41) is 0.998. The Hall–Kier alpha value is -8.04. The Morgan fingerprint density at radius 1 is 0.547 bits per heavy atom. The average molecular weight is 1080 g/mol. The van der Waals surface area contributed by atoms with Gasteiger partial charge in [-0.15, -0.1) is 0 Å². The summed E-state index contributed by atoms with van der Waals surface area (Å²) >= 11 is 0. The molecule has 27 heteroatoms. The SMILES string of the molecule is CC(=O)OCOC(=O)CN(CCOCCOc1cc(C2=C3C=C(F)C(=O)C=C3[Si](C)(C)c3cc(OCOC(C)=O)c(F)cc32)ccc1N(CC(=O)OCOC(C)=O)CC(=O)OCOC(C)=O)CC(=O)OCOC(C)=O. The van der Waals surface area contributed by atoms with Crippen LogP contribution in [0.25, 0.3) is 5.57 Å². The van der Waals surface area contributed by atoms with E-state index in [0.29, 0.717) is 10.4 Å². The van der Waals surface area contributed by atoms with Crippen molar-refractivity contribution < 1.29 is 114 Å². The Balaban J connectivity index is 1.76. The number of benzene rings is 2. The summed E-state index contributed by atoms with van der Waals surface area (Å²) in [6.07, 6.45) is 2.22. The number of hydrogen-bond donors (Lipinski definition) is 0. The molecular weight excluding hydrogens is 1020 g/mol. The van der Waals surface area contributed by atoms with Crippen LogP contribution in [0, 0.1) is 5.82 Å². The van der Waals surface area contributed by atoms with Crippen LogP contribution in [0.15, 0.2) is 59.1 Å². The number of carbonyl (C=O) groups is 10. The van der Waals surface area contributed by atoms with E-state index in [4.69, 9.17) is 47.4 Å². The van der Waals surface area contributed by atoms with Gasteiger partial charge in [0, 0.05) is 41.2 Å². The summed E-state index contributed by atoms with van der Waals surface area (Å²) in [7, 11) is -3.03. The average Bonchev–Trinajstić information content (AvgIpc) is 3.30. The molecule has 2 aliphatic rings. The van der Waals surface area contributed by atoms with Crippen LogP contribution in [-0.2, 0) is 95.3 Å². The highest BCUT2D eigenvalue weighted by Gasteiger charge is 2.42. The standard InChI is InChI=1S/C48H54F2N2O22Si/c1-28(53)65-23-70-40-18-43-35(16-37(40)50)48(34-15-36(49)39(58)17-42(34)75(43,6)7)33-8-9-38(52(21-46(61)73-26-68-31(4)56)22-47(62)74-27-69-32(5)57)41(14-33)64-13-12-63-11-10-51(19-44(59)71-24-66-29(2)54)20-45(60)72-25-67-30(3)55/h8-9,14-18H,10-13,19-27H2,1-7H3. The fraction of sp³-hybridized carbons (Fsp3) is 0.417. The summed E-state index contributed by atoms with van der Waals surface area (Å²) in [5.41, 5.74) is 0.966. The lowest BCUT2D eigenvalue weighted by Gasteiger charge is -2.38. The number of ether oxygens (including phenoxy) is 12. The molecule has 24 nitrogen and oxygen atoms in total. The van der Waals surface area contributed by atoms with Gasteiger partial charge >= 0.3 is 53.7 Å². The van der Waals surface area contributed by atoms with Gasteiger partial charge in [0.2, 0.25) is 39.7 Å². The van der Waals surface area contributed by atoms with E-state index < -0.39 is 139 Å². The predicted octanol–water partition coefficient (Wildman–Crippen LogP) is 2.12. The molecule has 0 bridgehead atoms. The molecule has 0 aromatic heterocycles. The third-order valence-corrected chi connectivity index (χ3v) is 13.9. The molecule has 0 atom stereocenters. The second kappa shape index (κ2) is 28.4. The molecule has 0 spiro atoms. The third kappa shape index (κ3) is 18.7. The zero-order valence-electron chi connectivity index (χ0n) is 41.9. The van der Waals surface area contributed by atoms with Gasteiger partial charge in [-0.3, -0.25) is 52.8 Å². The van der Waals surface area contributed by atoms with Crippen LogP contribution in [0.2, 0.25) is 13.1 Å². The first-order chi connectivity index (χ1) is 35.5. The van der Waals surface area contributed by atoms with Crippen molar-refractivity contribution in [2.24, 2.45) is 0 Å². The van der Waals surface area contributed by atoms with E-state index in [2.05, 4.69) is 9.47 Å². The molecule has 0 fully saturated rings. The number of allylic oxidation sites excluding steroid dienone is 5. The fourth-order valence-corrected chi connectivity index (χ4v) is 10.0. The molecule has 406 valence electrons. The first kappa shape index (κ1) is 59.5. The van der Waals surface area contributed by atoms with Crippen LogP contribution in [-0.4, -0.2) is 159 Å². The zero-order valence-corrected chi connectivity index (χ0v) is 42.9. The van der Waals surface area contributed by atoms with Crippen LogP contribution in [0.3, 0.4) is 0 Å². The lowest BCUT2D eigenvalue weighted by Crippen LogP contribution is -2.49. The molecule has 1 aliphatic heterocycles. The maximum Gasteiger partial charge on any atom is 0.328 e. The van der Waals surface area contributed by atoms with Crippen molar-refractivity contribution in [2.45, 2.75) is 47.7 Å². The maximum atomic E-state index is 16.1. The van der Waals surface area contributed by atoms with E-state index >= 15 is 8.78 Å². The number of esters is 9. The largest absolute Gasteiger partial charge is 0.489 e. The predicted molar refractivity (Wildman–Crippen MR) is 251 cm³/mol. The summed E-state index contributed by atoms with van der Waals surface area (Å²) < 4.78 is 92.3. The third-order valence-electron chi connectivity index (χ3n) is 10.4. The first-order valence-electron chi connectivity index (χ1n) is 22.4. The minimum Gasteiger partial charge on any atom is -0.489 e. The van der Waals surface area contributed by atoms with Crippen LogP contribution >= 0.6 is 0 Å². The molecule has 1 aliphatic carbocycles. The molecule has 0 saturated carbocycles. The molecule has 0 amide bonds. The van der Waals surface area contributed by atoms with Crippen molar-refractivity contribution in [3.05, 3.63) is 76.0 Å². The minimum atomic E-state index is -3.03. The summed E-state index contributed by atoms with van der Waals surface area (Å²) in [6.45, 7) is 2.35. The molecule has 75 heavy (non-hydrogen) atoms. The molecule has 0 radical (unpaired) electrons. The smallest absolute Gasteiger partial charge is 0.328 e. The Bertz CT molecular complexity index is 2560. The van der Waals surface area contributed by atoms with Crippen molar-refractivity contribution in [1.82, 2.24) is 4.90 Å². The number of ketones is 1. The number of fused-ring (bicyclic) bond motifs is 2. The lowest BCUT2D eigenvalue weighted by molar-refractivity contribution is -0.170. The Kier molecular flexibility index (Phi) is 22.6. The van der Waals surface area contributed by atoms with Crippen LogP contribution < -0.4 is 19.6 Å². The first-order valence-corrected chi connectivity index (χ1v) is 25.4. The van der Waals surface area contributed by atoms with E-state index in [-0.39, 0.29) is 65.8 Å². The maximum absolute atomic E-state index is 16.1. The van der Waals surface area contributed by atoms with Gasteiger partial charge in [-0.2, -0.15) is 0 Å². The van der Waals surface area contributed by atoms with Gasteiger partial charge in [-0.25, -0.2) is 8.78 Å². The number of nitrogens with zero attached hydrogens (tertiary/aromatic N) is 2. The van der Waals surface area contributed by atoms with Gasteiger partial charge in [0.05, 0.1) is 32.0 Å². The lowest BCUT2D eigenvalue weighted by atomic mass is 9.89. The number of carbonyl (C=O) groups excluding carboxylic acids is 10. The van der Waals surface area contributed by atoms with Gasteiger partial charge in [0.1, 0.15) is 33.5 Å². The number of rotatable bonds is 28. The quantitative estimate of drug-likeness (QED) is 0.0388. The number of halogens is 2. The fourth-order valence-electron chi connectivity index (χ4n) is 7.01. The summed E-state index contributed by atoms with van der Waals surface area (Å²) in [6, 6.07) is 6.89. The Labute approximate surface area is 428 Å². The van der Waals surface area contributed by atoms with Crippen molar-refractivity contribution in [3.63, 3.8) is 0 Å². The number of anilines is 1. The topological polar surface area (TPSA) is 288 Å². The van der Waals surface area contributed by atoms with E-state index in [9.17, 15) is 47.9 Å². The Morgan fingerprint density at radius 2 is 1.04 bits per heavy atom. The molecule has 1 heterocycles. The molecule has 0 unspecified atom stereocenters. The van der Waals surface area contributed by atoms with E-state index in [1.165, 1.54) is 35.2 Å². The van der Waals surface area contributed by atoms with E-state index in [1.54, 1.807) is 0 Å². The monoisotopic (exact) mass is 1080 g/mol. The highest BCUT2D eigenvalue weighted by atomic mass is 28.3. The van der Waals surface area contributed by atoms with Crippen molar-refractivity contribution in [2.75, 3.05) is 91.4 Å².